The van der Waals surface area contributed by atoms with Gasteiger partial charge in [0.15, 0.2) is 0 Å². The molecule has 3 N–H and O–H groups in total. The third kappa shape index (κ3) is 3.29. The summed E-state index contributed by atoms with van der Waals surface area (Å²) in [5, 5.41) is 20.9. The van der Waals surface area contributed by atoms with Crippen LogP contribution in [-0.2, 0) is 4.79 Å². The summed E-state index contributed by atoms with van der Waals surface area (Å²) in [6, 6.07) is 3.72. The molecule has 0 fully saturated rings. The van der Waals surface area contributed by atoms with Gasteiger partial charge in [0.2, 0.25) is 5.91 Å². The van der Waals surface area contributed by atoms with E-state index in [0.717, 1.165) is 6.07 Å². The SMILES string of the molecule is CC(=O)Nc1ccc(F)cc1C(O)CCO. The van der Waals surface area contributed by atoms with E-state index in [9.17, 15) is 14.3 Å². The van der Waals surface area contributed by atoms with Crippen LogP contribution in [0.2, 0.25) is 0 Å². The molecule has 0 aromatic heterocycles. The van der Waals surface area contributed by atoms with Crippen LogP contribution in [0.15, 0.2) is 18.2 Å². The standard InChI is InChI=1S/C11H14FNO3/c1-7(15)13-10-3-2-8(12)6-9(10)11(16)4-5-14/h2-3,6,11,14,16H,4-5H2,1H3,(H,13,15). The van der Waals surface area contributed by atoms with E-state index in [0.29, 0.717) is 5.69 Å². The van der Waals surface area contributed by atoms with Gasteiger partial charge in [-0.25, -0.2) is 4.39 Å². The van der Waals surface area contributed by atoms with Gasteiger partial charge in [0.25, 0.3) is 0 Å². The lowest BCUT2D eigenvalue weighted by molar-refractivity contribution is -0.114. The van der Waals surface area contributed by atoms with Crippen LogP contribution in [0.25, 0.3) is 0 Å². The monoisotopic (exact) mass is 227 g/mol. The first-order valence-corrected chi connectivity index (χ1v) is 4.90. The molecular weight excluding hydrogens is 213 g/mol. The zero-order chi connectivity index (χ0) is 12.1. The lowest BCUT2D eigenvalue weighted by Crippen LogP contribution is -2.11. The van der Waals surface area contributed by atoms with Crippen molar-refractivity contribution in [3.8, 4) is 0 Å². The van der Waals surface area contributed by atoms with Gasteiger partial charge in [-0.2, -0.15) is 0 Å². The molecule has 1 unspecified atom stereocenters. The Labute approximate surface area is 92.7 Å². The van der Waals surface area contributed by atoms with Crippen LogP contribution < -0.4 is 5.32 Å². The van der Waals surface area contributed by atoms with E-state index in [2.05, 4.69) is 5.32 Å². The van der Waals surface area contributed by atoms with Crippen molar-refractivity contribution in [3.05, 3.63) is 29.6 Å². The van der Waals surface area contributed by atoms with Crippen LogP contribution in [0, 0.1) is 5.82 Å². The maximum Gasteiger partial charge on any atom is 0.221 e. The number of rotatable bonds is 4. The molecule has 1 amide bonds. The van der Waals surface area contributed by atoms with Crippen LogP contribution in [-0.4, -0.2) is 22.7 Å². The van der Waals surface area contributed by atoms with Crippen LogP contribution in [0.5, 0.6) is 0 Å². The fourth-order valence-corrected chi connectivity index (χ4v) is 1.39. The second-order valence-electron chi connectivity index (χ2n) is 3.44. The highest BCUT2D eigenvalue weighted by molar-refractivity contribution is 5.89. The summed E-state index contributed by atoms with van der Waals surface area (Å²) in [6.07, 6.45) is -0.904. The normalized spacial score (nSPS) is 12.2. The molecular formula is C11H14FNO3. The topological polar surface area (TPSA) is 69.6 Å². The summed E-state index contributed by atoms with van der Waals surface area (Å²) in [5.41, 5.74) is 0.624. The van der Waals surface area contributed by atoms with E-state index in [-0.39, 0.29) is 24.5 Å². The predicted octanol–water partition coefficient (Wildman–Crippen LogP) is 1.20. The van der Waals surface area contributed by atoms with Crippen molar-refractivity contribution in [2.45, 2.75) is 19.4 Å². The van der Waals surface area contributed by atoms with E-state index in [1.165, 1.54) is 19.1 Å². The third-order valence-corrected chi connectivity index (χ3v) is 2.09. The fourth-order valence-electron chi connectivity index (χ4n) is 1.39. The first-order chi connectivity index (χ1) is 7.54. The van der Waals surface area contributed by atoms with Crippen molar-refractivity contribution in [3.63, 3.8) is 0 Å². The van der Waals surface area contributed by atoms with Gasteiger partial charge >= 0.3 is 0 Å². The average Bonchev–Trinajstić information content (AvgIpc) is 2.20. The van der Waals surface area contributed by atoms with Gasteiger partial charge in [-0.05, 0) is 18.2 Å². The van der Waals surface area contributed by atoms with E-state index in [1.54, 1.807) is 0 Å². The first-order valence-electron chi connectivity index (χ1n) is 4.90. The molecule has 88 valence electrons. The number of halogens is 1. The van der Waals surface area contributed by atoms with Crippen LogP contribution >= 0.6 is 0 Å². The second kappa shape index (κ2) is 5.58. The highest BCUT2D eigenvalue weighted by Crippen LogP contribution is 2.26. The number of benzene rings is 1. The van der Waals surface area contributed by atoms with E-state index in [4.69, 9.17) is 5.11 Å². The van der Waals surface area contributed by atoms with Crippen molar-refractivity contribution in [1.29, 1.82) is 0 Å². The Balaban J connectivity index is 3.02. The van der Waals surface area contributed by atoms with Gasteiger partial charge in [0.1, 0.15) is 5.82 Å². The fraction of sp³-hybridized carbons (Fsp3) is 0.364. The molecule has 0 bridgehead atoms. The zero-order valence-corrected chi connectivity index (χ0v) is 8.90. The number of aliphatic hydroxyl groups is 2. The Morgan fingerprint density at radius 3 is 2.81 bits per heavy atom. The molecule has 0 saturated carbocycles. The molecule has 0 heterocycles. The van der Waals surface area contributed by atoms with Crippen molar-refractivity contribution < 1.29 is 19.4 Å². The predicted molar refractivity (Wildman–Crippen MR) is 57.4 cm³/mol. The van der Waals surface area contributed by atoms with Crippen molar-refractivity contribution in [2.24, 2.45) is 0 Å². The van der Waals surface area contributed by atoms with Crippen LogP contribution in [0.3, 0.4) is 0 Å². The van der Waals surface area contributed by atoms with Crippen molar-refractivity contribution in [2.75, 3.05) is 11.9 Å². The molecule has 16 heavy (non-hydrogen) atoms. The molecule has 0 radical (unpaired) electrons. The number of carbonyl (C=O) groups is 1. The molecule has 1 aromatic carbocycles. The van der Waals surface area contributed by atoms with Gasteiger partial charge < -0.3 is 15.5 Å². The number of aliphatic hydroxyl groups excluding tert-OH is 2. The smallest absolute Gasteiger partial charge is 0.221 e. The Morgan fingerprint density at radius 2 is 2.25 bits per heavy atom. The Kier molecular flexibility index (Phi) is 4.39. The van der Waals surface area contributed by atoms with Crippen LogP contribution in [0.4, 0.5) is 10.1 Å². The number of amides is 1. The number of hydrogen-bond donors (Lipinski definition) is 3. The molecule has 0 aliphatic rings. The van der Waals surface area contributed by atoms with Gasteiger partial charge in [0.05, 0.1) is 6.10 Å². The molecule has 0 saturated heterocycles. The summed E-state index contributed by atoms with van der Waals surface area (Å²) in [6.45, 7) is 1.11. The summed E-state index contributed by atoms with van der Waals surface area (Å²) in [7, 11) is 0. The maximum absolute atomic E-state index is 13.0. The lowest BCUT2D eigenvalue weighted by Gasteiger charge is -2.14. The van der Waals surface area contributed by atoms with Crippen LogP contribution in [0.1, 0.15) is 25.0 Å². The Morgan fingerprint density at radius 1 is 1.56 bits per heavy atom. The van der Waals surface area contributed by atoms with Gasteiger partial charge in [-0.1, -0.05) is 0 Å². The number of carbonyl (C=O) groups excluding carboxylic acids is 1. The summed E-state index contributed by atoms with van der Waals surface area (Å²) < 4.78 is 13.0. The number of anilines is 1. The van der Waals surface area contributed by atoms with Gasteiger partial charge in [-0.3, -0.25) is 4.79 Å². The minimum absolute atomic E-state index is 0.0933. The second-order valence-corrected chi connectivity index (χ2v) is 3.44. The molecule has 4 nitrogen and oxygen atoms in total. The molecule has 0 aliphatic heterocycles. The molecule has 0 aliphatic carbocycles. The Bertz CT molecular complexity index is 381. The van der Waals surface area contributed by atoms with Gasteiger partial charge in [-0.15, -0.1) is 0 Å². The lowest BCUT2D eigenvalue weighted by atomic mass is 10.0. The Hall–Kier alpha value is -1.46. The van der Waals surface area contributed by atoms with E-state index >= 15 is 0 Å². The minimum Gasteiger partial charge on any atom is -0.396 e. The van der Waals surface area contributed by atoms with E-state index < -0.39 is 11.9 Å². The van der Waals surface area contributed by atoms with Gasteiger partial charge in [0, 0.05) is 31.2 Å². The summed E-state index contributed by atoms with van der Waals surface area (Å²) in [4.78, 5) is 10.9. The first kappa shape index (κ1) is 12.6. The summed E-state index contributed by atoms with van der Waals surface area (Å²) in [5.74, 6) is -0.801. The molecule has 0 spiro atoms. The average molecular weight is 227 g/mol. The minimum atomic E-state index is -0.998. The van der Waals surface area contributed by atoms with Crippen molar-refractivity contribution in [1.82, 2.24) is 0 Å². The van der Waals surface area contributed by atoms with E-state index in [1.807, 2.05) is 0 Å². The number of hydrogen-bond acceptors (Lipinski definition) is 3. The molecule has 1 rings (SSSR count). The highest BCUT2D eigenvalue weighted by atomic mass is 19.1. The zero-order valence-electron chi connectivity index (χ0n) is 8.90. The highest BCUT2D eigenvalue weighted by Gasteiger charge is 2.13. The quantitative estimate of drug-likeness (QED) is 0.723. The number of nitrogens with one attached hydrogen (secondary N) is 1. The molecule has 5 heteroatoms. The third-order valence-electron chi connectivity index (χ3n) is 2.09. The summed E-state index contributed by atoms with van der Waals surface area (Å²) >= 11 is 0. The molecule has 1 atom stereocenters. The van der Waals surface area contributed by atoms with Crippen molar-refractivity contribution >= 4 is 11.6 Å². The maximum atomic E-state index is 13.0. The largest absolute Gasteiger partial charge is 0.396 e. The molecule has 1 aromatic rings.